The van der Waals surface area contributed by atoms with Crippen molar-refractivity contribution in [3.63, 3.8) is 0 Å². The molecule has 0 spiro atoms. The van der Waals surface area contributed by atoms with Crippen molar-refractivity contribution < 1.29 is 9.53 Å². The highest BCUT2D eigenvalue weighted by atomic mass is 28.4. The van der Waals surface area contributed by atoms with Crippen molar-refractivity contribution in [2.75, 3.05) is 0 Å². The smallest absolute Gasteiger partial charge is 0.192 e. The number of hydrogen-bond donors (Lipinski definition) is 1. The maximum Gasteiger partial charge on any atom is 0.192 e. The van der Waals surface area contributed by atoms with E-state index >= 15 is 0 Å². The predicted molar refractivity (Wildman–Crippen MR) is 91.6 cm³/mol. The average Bonchev–Trinajstić information content (AvgIpc) is 2.26. The van der Waals surface area contributed by atoms with Gasteiger partial charge in [0.05, 0.1) is 6.10 Å². The highest BCUT2D eigenvalue weighted by Crippen LogP contribution is 2.38. The maximum atomic E-state index is 9.79. The molecule has 0 aliphatic carbocycles. The van der Waals surface area contributed by atoms with Crippen LogP contribution in [-0.2, 0) is 4.43 Å². The number of aliphatic hydroxyl groups excluding tert-OH is 1. The van der Waals surface area contributed by atoms with Gasteiger partial charge in [0.15, 0.2) is 8.32 Å². The maximum absolute atomic E-state index is 9.79. The van der Waals surface area contributed by atoms with E-state index in [1.807, 2.05) is 6.08 Å². The molecule has 0 radical (unpaired) electrons. The predicted octanol–water partition coefficient (Wildman–Crippen LogP) is 5.06. The van der Waals surface area contributed by atoms with Crippen LogP contribution in [0.25, 0.3) is 0 Å². The summed E-state index contributed by atoms with van der Waals surface area (Å²) in [6.45, 7) is 19.3. The van der Waals surface area contributed by atoms with Crippen LogP contribution in [0.4, 0.5) is 0 Å². The Kier molecular flexibility index (Phi) is 8.00. The largest absolute Gasteiger partial charge is 0.414 e. The molecule has 3 heteroatoms. The van der Waals surface area contributed by atoms with Gasteiger partial charge in [-0.3, -0.25) is 0 Å². The fourth-order valence-corrected chi connectivity index (χ4v) is 3.29. The van der Waals surface area contributed by atoms with Gasteiger partial charge in [0.2, 0.25) is 0 Å². The minimum absolute atomic E-state index is 0.237. The molecule has 0 aromatic rings. The van der Waals surface area contributed by atoms with Gasteiger partial charge in [-0.1, -0.05) is 45.4 Å². The van der Waals surface area contributed by atoms with Gasteiger partial charge in [0.1, 0.15) is 0 Å². The van der Waals surface area contributed by atoms with Crippen molar-refractivity contribution in [2.45, 2.75) is 84.2 Å². The molecule has 20 heavy (non-hydrogen) atoms. The van der Waals surface area contributed by atoms with Crippen LogP contribution in [0.15, 0.2) is 24.3 Å². The molecule has 0 bridgehead atoms. The van der Waals surface area contributed by atoms with Crippen LogP contribution < -0.4 is 0 Å². The quantitative estimate of drug-likeness (QED) is 0.501. The summed E-state index contributed by atoms with van der Waals surface area (Å²) in [7, 11) is -1.72. The van der Waals surface area contributed by atoms with Crippen molar-refractivity contribution in [1.29, 1.82) is 0 Å². The third kappa shape index (κ3) is 6.87. The molecule has 1 N–H and O–H groups in total. The Morgan fingerprint density at radius 2 is 1.90 bits per heavy atom. The second kappa shape index (κ2) is 8.16. The summed E-state index contributed by atoms with van der Waals surface area (Å²) >= 11 is 0. The van der Waals surface area contributed by atoms with Gasteiger partial charge >= 0.3 is 0 Å². The third-order valence-electron chi connectivity index (χ3n) is 4.16. The van der Waals surface area contributed by atoms with Crippen LogP contribution in [0.1, 0.15) is 53.9 Å². The molecular formula is C17H34O2Si. The molecule has 0 heterocycles. The van der Waals surface area contributed by atoms with Gasteiger partial charge in [-0.05, 0) is 44.3 Å². The molecule has 118 valence electrons. The van der Waals surface area contributed by atoms with Crippen LogP contribution in [-0.4, -0.2) is 25.6 Å². The van der Waals surface area contributed by atoms with E-state index in [0.29, 0.717) is 6.42 Å². The molecule has 0 saturated heterocycles. The summed E-state index contributed by atoms with van der Waals surface area (Å²) in [5.41, 5.74) is 1.20. The first-order valence-corrected chi connectivity index (χ1v) is 10.6. The van der Waals surface area contributed by atoms with Crippen LogP contribution in [0.2, 0.25) is 18.1 Å². The van der Waals surface area contributed by atoms with Gasteiger partial charge in [-0.2, -0.15) is 0 Å². The normalized spacial score (nSPS) is 16.9. The zero-order chi connectivity index (χ0) is 16.0. The molecule has 2 atom stereocenters. The Morgan fingerprint density at radius 1 is 1.35 bits per heavy atom. The van der Waals surface area contributed by atoms with E-state index in [2.05, 4.69) is 54.3 Å². The van der Waals surface area contributed by atoms with Gasteiger partial charge in [0, 0.05) is 6.10 Å². The Morgan fingerprint density at radius 3 is 2.30 bits per heavy atom. The standard InChI is InChI=1S/C17H34O2Si/c1-9-11-15(18)12-14(3)13-16(10-2)19-20(7,8)17(4,5)6/h9,12,15-16,18H,1,10-11,13H2,2-8H3/b14-12+/t15-,16-/m0/s1. The van der Waals surface area contributed by atoms with E-state index in [-0.39, 0.29) is 11.1 Å². The summed E-state index contributed by atoms with van der Waals surface area (Å²) in [6, 6.07) is 0. The topological polar surface area (TPSA) is 29.5 Å². The Balaban J connectivity index is 4.68. The summed E-state index contributed by atoms with van der Waals surface area (Å²) in [6.07, 6.45) is 6.03. The van der Waals surface area contributed by atoms with E-state index in [0.717, 1.165) is 12.8 Å². The van der Waals surface area contributed by atoms with E-state index in [4.69, 9.17) is 4.43 Å². The van der Waals surface area contributed by atoms with Crippen molar-refractivity contribution in [3.8, 4) is 0 Å². The van der Waals surface area contributed by atoms with Crippen molar-refractivity contribution in [2.24, 2.45) is 0 Å². The molecule has 0 unspecified atom stereocenters. The lowest BCUT2D eigenvalue weighted by Crippen LogP contribution is -2.43. The fourth-order valence-electron chi connectivity index (χ4n) is 1.86. The van der Waals surface area contributed by atoms with Gasteiger partial charge < -0.3 is 9.53 Å². The lowest BCUT2D eigenvalue weighted by molar-refractivity contribution is 0.175. The number of aliphatic hydroxyl groups is 1. The molecule has 0 aliphatic rings. The molecule has 2 nitrogen and oxygen atoms in total. The summed E-state index contributed by atoms with van der Waals surface area (Å²) < 4.78 is 6.46. The van der Waals surface area contributed by atoms with Gasteiger partial charge in [-0.25, -0.2) is 0 Å². The first kappa shape index (κ1) is 19.6. The van der Waals surface area contributed by atoms with Crippen LogP contribution in [0.3, 0.4) is 0 Å². The highest BCUT2D eigenvalue weighted by molar-refractivity contribution is 6.74. The summed E-state index contributed by atoms with van der Waals surface area (Å²) in [5, 5.41) is 10.0. The first-order valence-electron chi connectivity index (χ1n) is 7.67. The van der Waals surface area contributed by atoms with E-state index in [1.54, 1.807) is 6.08 Å². The molecular weight excluding hydrogens is 264 g/mol. The second-order valence-corrected chi connectivity index (χ2v) is 12.0. The minimum atomic E-state index is -1.72. The molecule has 0 rings (SSSR count). The lowest BCUT2D eigenvalue weighted by atomic mass is 10.1. The van der Waals surface area contributed by atoms with E-state index < -0.39 is 14.4 Å². The monoisotopic (exact) mass is 298 g/mol. The zero-order valence-electron chi connectivity index (χ0n) is 14.5. The fraction of sp³-hybridized carbons (Fsp3) is 0.765. The number of hydrogen-bond acceptors (Lipinski definition) is 2. The van der Waals surface area contributed by atoms with Gasteiger partial charge in [0.25, 0.3) is 0 Å². The highest BCUT2D eigenvalue weighted by Gasteiger charge is 2.38. The molecule has 0 aromatic carbocycles. The third-order valence-corrected chi connectivity index (χ3v) is 8.69. The molecule has 0 aromatic heterocycles. The lowest BCUT2D eigenvalue weighted by Gasteiger charge is -2.39. The molecule has 0 saturated carbocycles. The Labute approximate surface area is 127 Å². The van der Waals surface area contributed by atoms with E-state index in [9.17, 15) is 5.11 Å². The average molecular weight is 299 g/mol. The van der Waals surface area contributed by atoms with Gasteiger partial charge in [-0.15, -0.1) is 6.58 Å². The molecule has 0 amide bonds. The van der Waals surface area contributed by atoms with Crippen LogP contribution in [0, 0.1) is 0 Å². The van der Waals surface area contributed by atoms with Crippen LogP contribution >= 0.6 is 0 Å². The van der Waals surface area contributed by atoms with E-state index in [1.165, 1.54) is 5.57 Å². The second-order valence-electron chi connectivity index (χ2n) is 7.22. The van der Waals surface area contributed by atoms with Crippen molar-refractivity contribution in [1.82, 2.24) is 0 Å². The van der Waals surface area contributed by atoms with Crippen molar-refractivity contribution in [3.05, 3.63) is 24.3 Å². The molecule has 0 aliphatic heterocycles. The number of rotatable bonds is 8. The summed E-state index contributed by atoms with van der Waals surface area (Å²) in [5.74, 6) is 0. The molecule has 0 fully saturated rings. The van der Waals surface area contributed by atoms with Crippen molar-refractivity contribution >= 4 is 8.32 Å². The Bertz CT molecular complexity index is 326. The summed E-state index contributed by atoms with van der Waals surface area (Å²) in [4.78, 5) is 0. The first-order chi connectivity index (χ1) is 9.03. The Hall–Kier alpha value is -0.383. The SMILES string of the molecule is C=CC[C@H](O)/C=C(\C)C[C@H](CC)O[Si](C)(C)C(C)(C)C. The zero-order valence-corrected chi connectivity index (χ0v) is 15.5. The van der Waals surface area contributed by atoms with Crippen LogP contribution in [0.5, 0.6) is 0 Å². The minimum Gasteiger partial charge on any atom is -0.414 e.